The molecule has 0 aliphatic carbocycles. The summed E-state index contributed by atoms with van der Waals surface area (Å²) in [5, 5.41) is 3.09. The first kappa shape index (κ1) is 17.3. The van der Waals surface area contributed by atoms with E-state index in [1.54, 1.807) is 12.1 Å². The molecule has 6 heteroatoms. The fraction of sp³-hybridized carbons (Fsp3) is 0.467. The maximum atomic E-state index is 12.4. The molecule has 0 spiro atoms. The molecular formula is C15H19F3N2O. The predicted octanol–water partition coefficient (Wildman–Crippen LogP) is 2.98. The molecule has 0 radical (unpaired) electrons. The Kier molecular flexibility index (Phi) is 6.53. The molecule has 0 aromatic heterocycles. The first-order valence-corrected chi connectivity index (χ1v) is 6.68. The van der Waals surface area contributed by atoms with Crippen LogP contribution in [-0.2, 0) is 0 Å². The third-order valence-electron chi connectivity index (χ3n) is 2.94. The van der Waals surface area contributed by atoms with E-state index < -0.39 is 12.4 Å². The number of halogens is 3. The summed E-state index contributed by atoms with van der Waals surface area (Å²) >= 11 is 0. The van der Waals surface area contributed by atoms with Crippen molar-refractivity contribution < 1.29 is 17.9 Å². The number of para-hydroxylation sites is 1. The zero-order valence-corrected chi connectivity index (χ0v) is 11.8. The molecule has 3 N–H and O–H groups in total. The lowest BCUT2D eigenvalue weighted by Gasteiger charge is -2.24. The second kappa shape index (κ2) is 7.91. The Bertz CT molecular complexity index is 483. The van der Waals surface area contributed by atoms with Crippen molar-refractivity contribution in [3.63, 3.8) is 0 Å². The smallest absolute Gasteiger partial charge is 0.405 e. The minimum atomic E-state index is -4.75. The molecule has 1 aromatic carbocycles. The average molecular weight is 300 g/mol. The Balaban J connectivity index is 2.97. The Labute approximate surface area is 122 Å². The molecule has 0 amide bonds. The lowest BCUT2D eigenvalue weighted by Crippen LogP contribution is -2.36. The van der Waals surface area contributed by atoms with Gasteiger partial charge in [-0.2, -0.15) is 0 Å². The van der Waals surface area contributed by atoms with Gasteiger partial charge in [0.15, 0.2) is 0 Å². The summed E-state index contributed by atoms with van der Waals surface area (Å²) in [4.78, 5) is 0. The molecular weight excluding hydrogens is 281 g/mol. The topological polar surface area (TPSA) is 47.3 Å². The summed E-state index contributed by atoms with van der Waals surface area (Å²) in [6.45, 7) is 2.09. The maximum absolute atomic E-state index is 12.4. The van der Waals surface area contributed by atoms with Crippen LogP contribution in [-0.4, -0.2) is 18.9 Å². The molecule has 0 aliphatic rings. The molecule has 0 saturated heterocycles. The number of hydrogen-bond donors (Lipinski definition) is 2. The molecule has 0 bridgehead atoms. The number of nitrogens with one attached hydrogen (secondary N) is 1. The van der Waals surface area contributed by atoms with Crippen molar-refractivity contribution in [2.45, 2.75) is 38.2 Å². The maximum Gasteiger partial charge on any atom is 0.573 e. The van der Waals surface area contributed by atoms with E-state index in [-0.39, 0.29) is 18.3 Å². The van der Waals surface area contributed by atoms with Crippen molar-refractivity contribution in [2.24, 2.45) is 5.73 Å². The number of benzene rings is 1. The molecule has 0 fully saturated rings. The van der Waals surface area contributed by atoms with E-state index >= 15 is 0 Å². The third kappa shape index (κ3) is 5.66. The monoisotopic (exact) mass is 300 g/mol. The minimum absolute atomic E-state index is 0.111. The van der Waals surface area contributed by atoms with Crippen LogP contribution in [0.5, 0.6) is 5.75 Å². The standard InChI is InChI=1S/C15H19F3N2O/c1-3-7-11(4-2)20-13(10-19)12-8-5-6-9-14(12)21-15(16,17)18/h2,5-6,8-9,11,13,20H,3,7,10,19H2,1H3. The molecule has 1 rings (SSSR count). The molecule has 2 atom stereocenters. The first-order chi connectivity index (χ1) is 9.91. The number of alkyl halides is 3. The Hall–Kier alpha value is -1.71. The van der Waals surface area contributed by atoms with Gasteiger partial charge in [0.25, 0.3) is 0 Å². The van der Waals surface area contributed by atoms with Crippen molar-refractivity contribution in [1.29, 1.82) is 0 Å². The molecule has 1 aromatic rings. The fourth-order valence-electron chi connectivity index (χ4n) is 2.02. The molecule has 0 saturated carbocycles. The van der Waals surface area contributed by atoms with Crippen LogP contribution in [0.15, 0.2) is 24.3 Å². The van der Waals surface area contributed by atoms with E-state index in [1.807, 2.05) is 6.92 Å². The van der Waals surface area contributed by atoms with E-state index in [9.17, 15) is 13.2 Å². The quantitative estimate of drug-likeness (QED) is 0.761. The van der Waals surface area contributed by atoms with Gasteiger partial charge in [-0.3, -0.25) is 5.32 Å². The second-order valence-electron chi connectivity index (χ2n) is 4.55. The largest absolute Gasteiger partial charge is 0.573 e. The van der Waals surface area contributed by atoms with Gasteiger partial charge >= 0.3 is 6.36 Å². The van der Waals surface area contributed by atoms with Crippen molar-refractivity contribution in [3.05, 3.63) is 29.8 Å². The van der Waals surface area contributed by atoms with E-state index in [0.29, 0.717) is 5.56 Å². The number of ether oxygens (including phenoxy) is 1. The summed E-state index contributed by atoms with van der Waals surface area (Å²) in [5.41, 5.74) is 6.01. The summed E-state index contributed by atoms with van der Waals surface area (Å²) in [7, 11) is 0. The number of nitrogens with two attached hydrogens (primary N) is 1. The third-order valence-corrected chi connectivity index (χ3v) is 2.94. The summed E-state index contributed by atoms with van der Waals surface area (Å²) < 4.78 is 41.3. The minimum Gasteiger partial charge on any atom is -0.405 e. The van der Waals surface area contributed by atoms with Gasteiger partial charge in [-0.05, 0) is 12.5 Å². The van der Waals surface area contributed by atoms with Crippen molar-refractivity contribution in [2.75, 3.05) is 6.54 Å². The van der Waals surface area contributed by atoms with Crippen molar-refractivity contribution in [3.8, 4) is 18.1 Å². The van der Waals surface area contributed by atoms with Gasteiger partial charge in [0.05, 0.1) is 6.04 Å². The van der Waals surface area contributed by atoms with Crippen molar-refractivity contribution >= 4 is 0 Å². The highest BCUT2D eigenvalue weighted by Gasteiger charge is 2.33. The van der Waals surface area contributed by atoms with Crippen LogP contribution in [0.4, 0.5) is 13.2 Å². The summed E-state index contributed by atoms with van der Waals surface area (Å²) in [6, 6.07) is 5.16. The van der Waals surface area contributed by atoms with Crippen LogP contribution in [0.3, 0.4) is 0 Å². The highest BCUT2D eigenvalue weighted by molar-refractivity contribution is 5.36. The number of terminal acetylenes is 1. The lowest BCUT2D eigenvalue weighted by molar-refractivity contribution is -0.275. The van der Waals surface area contributed by atoms with E-state index in [4.69, 9.17) is 12.2 Å². The Morgan fingerprint density at radius 2 is 2.05 bits per heavy atom. The van der Waals surface area contributed by atoms with E-state index in [0.717, 1.165) is 12.8 Å². The van der Waals surface area contributed by atoms with Crippen LogP contribution in [0.25, 0.3) is 0 Å². The zero-order chi connectivity index (χ0) is 15.9. The van der Waals surface area contributed by atoms with E-state index in [2.05, 4.69) is 16.0 Å². The molecule has 2 unspecified atom stereocenters. The van der Waals surface area contributed by atoms with Gasteiger partial charge in [0.2, 0.25) is 0 Å². The first-order valence-electron chi connectivity index (χ1n) is 6.68. The summed E-state index contributed by atoms with van der Waals surface area (Å²) in [6.07, 6.45) is 2.25. The molecule has 0 aliphatic heterocycles. The van der Waals surface area contributed by atoms with Crippen LogP contribution in [0.2, 0.25) is 0 Å². The average Bonchev–Trinajstić information content (AvgIpc) is 2.42. The molecule has 116 valence electrons. The van der Waals surface area contributed by atoms with Crippen LogP contribution < -0.4 is 15.8 Å². The van der Waals surface area contributed by atoms with Crippen LogP contribution in [0, 0.1) is 12.3 Å². The van der Waals surface area contributed by atoms with Gasteiger partial charge < -0.3 is 10.5 Å². The van der Waals surface area contributed by atoms with Crippen molar-refractivity contribution in [1.82, 2.24) is 5.32 Å². The summed E-state index contributed by atoms with van der Waals surface area (Å²) in [5.74, 6) is 2.31. The highest BCUT2D eigenvalue weighted by atomic mass is 19.4. The molecule has 21 heavy (non-hydrogen) atoms. The lowest BCUT2D eigenvalue weighted by atomic mass is 10.0. The predicted molar refractivity (Wildman–Crippen MR) is 75.6 cm³/mol. The normalized spacial score (nSPS) is 14.3. The molecule has 0 heterocycles. The van der Waals surface area contributed by atoms with Gasteiger partial charge in [0, 0.05) is 18.2 Å². The van der Waals surface area contributed by atoms with Gasteiger partial charge in [-0.15, -0.1) is 19.6 Å². The SMILES string of the molecule is C#CC(CCC)NC(CN)c1ccccc1OC(F)(F)F. The fourth-order valence-corrected chi connectivity index (χ4v) is 2.02. The number of rotatable bonds is 7. The Morgan fingerprint density at radius 3 is 2.57 bits per heavy atom. The van der Waals surface area contributed by atoms with Crippen LogP contribution in [0.1, 0.15) is 31.4 Å². The molecule has 3 nitrogen and oxygen atoms in total. The van der Waals surface area contributed by atoms with Gasteiger partial charge in [-0.25, -0.2) is 0 Å². The van der Waals surface area contributed by atoms with Gasteiger partial charge in [0.1, 0.15) is 5.75 Å². The Morgan fingerprint density at radius 1 is 1.38 bits per heavy atom. The second-order valence-corrected chi connectivity index (χ2v) is 4.55. The van der Waals surface area contributed by atoms with Gasteiger partial charge in [-0.1, -0.05) is 37.5 Å². The number of hydrogen-bond acceptors (Lipinski definition) is 3. The van der Waals surface area contributed by atoms with E-state index in [1.165, 1.54) is 12.1 Å². The zero-order valence-electron chi connectivity index (χ0n) is 11.8. The highest BCUT2D eigenvalue weighted by Crippen LogP contribution is 2.30. The van der Waals surface area contributed by atoms with Crippen LogP contribution >= 0.6 is 0 Å².